The van der Waals surface area contributed by atoms with E-state index in [1.807, 2.05) is 6.92 Å². The highest BCUT2D eigenvalue weighted by molar-refractivity contribution is 5.94. The van der Waals surface area contributed by atoms with Crippen molar-refractivity contribution in [2.45, 2.75) is 13.0 Å². The van der Waals surface area contributed by atoms with E-state index in [9.17, 15) is 9.18 Å². The van der Waals surface area contributed by atoms with Crippen LogP contribution in [0.2, 0.25) is 0 Å². The molecule has 1 aromatic carbocycles. The molecule has 1 fully saturated rings. The second kappa shape index (κ2) is 4.71. The smallest absolute Gasteiger partial charge is 0.254 e. The summed E-state index contributed by atoms with van der Waals surface area (Å²) in [5.41, 5.74) is 5.75. The standard InChI is InChI=1S/C12H15FN2O2/c1-8-7-17-5-4-15(8)12(16)9-2-3-11(14)10(13)6-9/h2-3,6,8H,4-5,7,14H2,1H3/t8-/m1/s1. The Bertz CT molecular complexity index is 437. The zero-order valence-electron chi connectivity index (χ0n) is 9.65. The summed E-state index contributed by atoms with van der Waals surface area (Å²) in [4.78, 5) is 13.8. The second-order valence-electron chi connectivity index (χ2n) is 4.16. The molecule has 1 atom stereocenters. The van der Waals surface area contributed by atoms with Gasteiger partial charge < -0.3 is 15.4 Å². The van der Waals surface area contributed by atoms with Gasteiger partial charge in [0.1, 0.15) is 5.82 Å². The number of nitrogens with zero attached hydrogens (tertiary/aromatic N) is 1. The number of hydrogen-bond acceptors (Lipinski definition) is 3. The highest BCUT2D eigenvalue weighted by Gasteiger charge is 2.25. The molecule has 2 N–H and O–H groups in total. The summed E-state index contributed by atoms with van der Waals surface area (Å²) < 4.78 is 18.5. The molecule has 1 saturated heterocycles. The van der Waals surface area contributed by atoms with Gasteiger partial charge in [0.05, 0.1) is 24.9 Å². The summed E-state index contributed by atoms with van der Waals surface area (Å²) in [6.07, 6.45) is 0. The van der Waals surface area contributed by atoms with E-state index in [2.05, 4.69) is 0 Å². The van der Waals surface area contributed by atoms with Crippen molar-refractivity contribution in [3.63, 3.8) is 0 Å². The predicted octanol–water partition coefficient (Wildman–Crippen LogP) is 1.27. The third kappa shape index (κ3) is 2.39. The fourth-order valence-electron chi connectivity index (χ4n) is 1.85. The van der Waals surface area contributed by atoms with E-state index in [4.69, 9.17) is 10.5 Å². The summed E-state index contributed by atoms with van der Waals surface area (Å²) in [6, 6.07) is 4.15. The molecular formula is C12H15FN2O2. The fraction of sp³-hybridized carbons (Fsp3) is 0.417. The monoisotopic (exact) mass is 238 g/mol. The van der Waals surface area contributed by atoms with Crippen molar-refractivity contribution < 1.29 is 13.9 Å². The Labute approximate surface area is 99.2 Å². The van der Waals surface area contributed by atoms with E-state index in [1.165, 1.54) is 12.1 Å². The van der Waals surface area contributed by atoms with Crippen molar-refractivity contribution in [2.75, 3.05) is 25.5 Å². The van der Waals surface area contributed by atoms with Gasteiger partial charge in [-0.25, -0.2) is 4.39 Å². The van der Waals surface area contributed by atoms with Crippen molar-refractivity contribution in [1.82, 2.24) is 4.90 Å². The molecule has 0 unspecified atom stereocenters. The predicted molar refractivity (Wildman–Crippen MR) is 62.1 cm³/mol. The van der Waals surface area contributed by atoms with Crippen LogP contribution in [0.4, 0.5) is 10.1 Å². The van der Waals surface area contributed by atoms with E-state index in [-0.39, 0.29) is 17.6 Å². The summed E-state index contributed by atoms with van der Waals surface area (Å²) in [5.74, 6) is -0.739. The van der Waals surface area contributed by atoms with Crippen LogP contribution in [-0.2, 0) is 4.74 Å². The van der Waals surface area contributed by atoms with Gasteiger partial charge >= 0.3 is 0 Å². The zero-order valence-corrected chi connectivity index (χ0v) is 9.65. The van der Waals surface area contributed by atoms with Crippen molar-refractivity contribution in [3.8, 4) is 0 Å². The van der Waals surface area contributed by atoms with Crippen LogP contribution in [0.1, 0.15) is 17.3 Å². The lowest BCUT2D eigenvalue weighted by Gasteiger charge is -2.33. The fourth-order valence-corrected chi connectivity index (χ4v) is 1.85. The lowest BCUT2D eigenvalue weighted by atomic mass is 10.1. The highest BCUT2D eigenvalue weighted by Crippen LogP contribution is 2.16. The summed E-state index contributed by atoms with van der Waals surface area (Å²) >= 11 is 0. The molecule has 5 heteroatoms. The van der Waals surface area contributed by atoms with Crippen LogP contribution in [0.25, 0.3) is 0 Å². The molecule has 0 radical (unpaired) electrons. The molecule has 1 aliphatic rings. The number of carbonyl (C=O) groups excluding carboxylic acids is 1. The van der Waals surface area contributed by atoms with Gasteiger partial charge in [-0.1, -0.05) is 0 Å². The topological polar surface area (TPSA) is 55.6 Å². The van der Waals surface area contributed by atoms with E-state index < -0.39 is 5.82 Å². The molecule has 0 aromatic heterocycles. The van der Waals surface area contributed by atoms with Crippen molar-refractivity contribution >= 4 is 11.6 Å². The second-order valence-corrected chi connectivity index (χ2v) is 4.16. The Hall–Kier alpha value is -1.62. The molecule has 0 spiro atoms. The lowest BCUT2D eigenvalue weighted by Crippen LogP contribution is -2.47. The van der Waals surface area contributed by atoms with E-state index in [0.717, 1.165) is 0 Å². The first-order chi connectivity index (χ1) is 8.09. The van der Waals surface area contributed by atoms with Gasteiger partial charge in [0.25, 0.3) is 5.91 Å². The zero-order chi connectivity index (χ0) is 12.4. The Kier molecular flexibility index (Phi) is 3.28. The van der Waals surface area contributed by atoms with Gasteiger partial charge in [-0.2, -0.15) is 0 Å². The number of amides is 1. The molecule has 17 heavy (non-hydrogen) atoms. The normalized spacial score (nSPS) is 20.4. The van der Waals surface area contributed by atoms with Crippen molar-refractivity contribution in [3.05, 3.63) is 29.6 Å². The Morgan fingerprint density at radius 3 is 3.00 bits per heavy atom. The molecule has 0 saturated carbocycles. The van der Waals surface area contributed by atoms with Crippen LogP contribution in [0.3, 0.4) is 0 Å². The van der Waals surface area contributed by atoms with Crippen molar-refractivity contribution in [2.24, 2.45) is 0 Å². The molecule has 2 rings (SSSR count). The first-order valence-corrected chi connectivity index (χ1v) is 5.53. The Morgan fingerprint density at radius 2 is 2.35 bits per heavy atom. The minimum atomic E-state index is -0.559. The molecular weight excluding hydrogens is 223 g/mol. The Morgan fingerprint density at radius 1 is 1.59 bits per heavy atom. The third-order valence-electron chi connectivity index (χ3n) is 2.88. The lowest BCUT2D eigenvalue weighted by molar-refractivity contribution is 0.00357. The van der Waals surface area contributed by atoms with E-state index in [0.29, 0.717) is 25.3 Å². The van der Waals surface area contributed by atoms with Crippen LogP contribution in [0, 0.1) is 5.82 Å². The number of ether oxygens (including phenoxy) is 1. The largest absolute Gasteiger partial charge is 0.396 e. The van der Waals surface area contributed by atoms with Crippen LogP contribution in [-0.4, -0.2) is 36.6 Å². The first-order valence-electron chi connectivity index (χ1n) is 5.53. The SMILES string of the molecule is C[C@@H]1COCCN1C(=O)c1ccc(N)c(F)c1. The maximum Gasteiger partial charge on any atom is 0.254 e. The van der Waals surface area contributed by atoms with Gasteiger partial charge in [-0.15, -0.1) is 0 Å². The minimum absolute atomic E-state index is 0.0110. The van der Waals surface area contributed by atoms with Crippen LogP contribution < -0.4 is 5.73 Å². The van der Waals surface area contributed by atoms with Gasteiger partial charge in [-0.05, 0) is 25.1 Å². The van der Waals surface area contributed by atoms with Crippen LogP contribution in [0.5, 0.6) is 0 Å². The number of nitrogens with two attached hydrogens (primary N) is 1. The molecule has 1 aliphatic heterocycles. The van der Waals surface area contributed by atoms with Gasteiger partial charge in [0.15, 0.2) is 0 Å². The number of morpholine rings is 1. The van der Waals surface area contributed by atoms with E-state index >= 15 is 0 Å². The third-order valence-corrected chi connectivity index (χ3v) is 2.88. The summed E-state index contributed by atoms with van der Waals surface area (Å²) in [7, 11) is 0. The minimum Gasteiger partial charge on any atom is -0.396 e. The number of carbonyl (C=O) groups is 1. The quantitative estimate of drug-likeness (QED) is 0.749. The van der Waals surface area contributed by atoms with Gasteiger partial charge in [0.2, 0.25) is 0 Å². The number of rotatable bonds is 1. The maximum absolute atomic E-state index is 13.3. The molecule has 1 amide bonds. The molecule has 1 heterocycles. The Balaban J connectivity index is 2.21. The van der Waals surface area contributed by atoms with Crippen LogP contribution >= 0.6 is 0 Å². The van der Waals surface area contributed by atoms with Crippen LogP contribution in [0.15, 0.2) is 18.2 Å². The molecule has 0 aliphatic carbocycles. The molecule has 92 valence electrons. The average Bonchev–Trinajstić information content (AvgIpc) is 2.32. The number of halogens is 1. The molecule has 4 nitrogen and oxygen atoms in total. The molecule has 1 aromatic rings. The van der Waals surface area contributed by atoms with E-state index in [1.54, 1.807) is 11.0 Å². The molecule has 0 bridgehead atoms. The highest BCUT2D eigenvalue weighted by atomic mass is 19.1. The number of hydrogen-bond donors (Lipinski definition) is 1. The number of anilines is 1. The maximum atomic E-state index is 13.3. The number of nitrogen functional groups attached to an aromatic ring is 1. The van der Waals surface area contributed by atoms with Crippen molar-refractivity contribution in [1.29, 1.82) is 0 Å². The average molecular weight is 238 g/mol. The van der Waals surface area contributed by atoms with Gasteiger partial charge in [0, 0.05) is 12.1 Å². The summed E-state index contributed by atoms with van der Waals surface area (Å²) in [6.45, 7) is 3.48. The summed E-state index contributed by atoms with van der Waals surface area (Å²) in [5, 5.41) is 0. The van der Waals surface area contributed by atoms with Gasteiger partial charge in [-0.3, -0.25) is 4.79 Å². The number of benzene rings is 1. The first kappa shape index (κ1) is 11.9.